The summed E-state index contributed by atoms with van der Waals surface area (Å²) in [6.45, 7) is 3.03. The molecule has 0 fully saturated rings. The molecule has 0 saturated carbocycles. The molecule has 1 amide bonds. The van der Waals surface area contributed by atoms with Gasteiger partial charge in [-0.2, -0.15) is 0 Å². The minimum absolute atomic E-state index is 0.0204. The molecule has 2 aromatic carbocycles. The highest BCUT2D eigenvalue weighted by molar-refractivity contribution is 6.32. The maximum atomic E-state index is 12.0. The summed E-state index contributed by atoms with van der Waals surface area (Å²) in [7, 11) is 3.12. The quantitative estimate of drug-likeness (QED) is 0.750. The lowest BCUT2D eigenvalue weighted by molar-refractivity contribution is -0.121. The number of carbonyl (C=O) groups excluding carboxylic acids is 1. The standard InChI is InChI=1S/C19H23ClN2O3/c1-13-4-6-14(7-5-13)12-22-19(23)8-9-21-16-11-17(24-2)15(20)10-18(16)25-3/h4-7,10-11,21H,8-9,12H2,1-3H3,(H,22,23). The fourth-order valence-electron chi connectivity index (χ4n) is 2.30. The average molecular weight is 363 g/mol. The van der Waals surface area contributed by atoms with Crippen LogP contribution in [0.2, 0.25) is 5.02 Å². The van der Waals surface area contributed by atoms with Gasteiger partial charge in [0.15, 0.2) is 0 Å². The number of aryl methyl sites for hydroxylation is 1. The van der Waals surface area contributed by atoms with Crippen LogP contribution in [0, 0.1) is 6.92 Å². The van der Waals surface area contributed by atoms with Gasteiger partial charge < -0.3 is 20.1 Å². The summed E-state index contributed by atoms with van der Waals surface area (Å²) >= 11 is 6.08. The maximum Gasteiger partial charge on any atom is 0.222 e. The third-order valence-corrected chi connectivity index (χ3v) is 4.05. The second kappa shape index (κ2) is 9.18. The van der Waals surface area contributed by atoms with E-state index in [2.05, 4.69) is 10.6 Å². The van der Waals surface area contributed by atoms with Gasteiger partial charge in [-0.15, -0.1) is 0 Å². The van der Waals surface area contributed by atoms with Crippen molar-refractivity contribution < 1.29 is 14.3 Å². The van der Waals surface area contributed by atoms with Crippen molar-refractivity contribution in [2.24, 2.45) is 0 Å². The van der Waals surface area contributed by atoms with Crippen LogP contribution in [0.1, 0.15) is 17.5 Å². The molecule has 25 heavy (non-hydrogen) atoms. The van der Waals surface area contributed by atoms with Crippen molar-refractivity contribution in [1.29, 1.82) is 0 Å². The van der Waals surface area contributed by atoms with E-state index in [4.69, 9.17) is 21.1 Å². The first kappa shape index (κ1) is 18.9. The molecule has 134 valence electrons. The number of anilines is 1. The first-order valence-electron chi connectivity index (χ1n) is 8.01. The van der Waals surface area contributed by atoms with Crippen molar-refractivity contribution in [2.75, 3.05) is 26.1 Å². The van der Waals surface area contributed by atoms with Crippen LogP contribution in [0.5, 0.6) is 11.5 Å². The number of amides is 1. The topological polar surface area (TPSA) is 59.6 Å². The molecule has 2 aromatic rings. The second-order valence-corrected chi connectivity index (χ2v) is 6.03. The lowest BCUT2D eigenvalue weighted by Crippen LogP contribution is -2.24. The van der Waals surface area contributed by atoms with Gasteiger partial charge in [0.05, 0.1) is 24.9 Å². The maximum absolute atomic E-state index is 12.0. The molecule has 0 radical (unpaired) electrons. The molecule has 2 N–H and O–H groups in total. The third kappa shape index (κ3) is 5.57. The van der Waals surface area contributed by atoms with Crippen molar-refractivity contribution in [1.82, 2.24) is 5.32 Å². The van der Waals surface area contributed by atoms with E-state index in [1.54, 1.807) is 26.4 Å². The highest BCUT2D eigenvalue weighted by Gasteiger charge is 2.10. The molecule has 2 rings (SSSR count). The summed E-state index contributed by atoms with van der Waals surface area (Å²) in [6, 6.07) is 11.5. The number of ether oxygens (including phenoxy) is 2. The Bertz CT molecular complexity index is 717. The van der Waals surface area contributed by atoms with Gasteiger partial charge in [0.25, 0.3) is 0 Å². The molecule has 0 saturated heterocycles. The summed E-state index contributed by atoms with van der Waals surface area (Å²) in [5.41, 5.74) is 3.01. The Labute approximate surface area is 153 Å². The van der Waals surface area contributed by atoms with Crippen LogP contribution in [0.15, 0.2) is 36.4 Å². The molecule has 6 heteroatoms. The second-order valence-electron chi connectivity index (χ2n) is 5.63. The molecule has 0 atom stereocenters. The van der Waals surface area contributed by atoms with Gasteiger partial charge in [-0.1, -0.05) is 41.4 Å². The van der Waals surface area contributed by atoms with Crippen molar-refractivity contribution >= 4 is 23.2 Å². The zero-order valence-electron chi connectivity index (χ0n) is 14.7. The summed E-state index contributed by atoms with van der Waals surface area (Å²) in [6.07, 6.45) is 0.347. The molecule has 5 nitrogen and oxygen atoms in total. The van der Waals surface area contributed by atoms with E-state index in [0.29, 0.717) is 36.0 Å². The molecule has 0 aliphatic rings. The monoisotopic (exact) mass is 362 g/mol. The molecule has 0 heterocycles. The van der Waals surface area contributed by atoms with E-state index in [1.807, 2.05) is 31.2 Å². The predicted octanol–water partition coefficient (Wildman–Crippen LogP) is 3.78. The average Bonchev–Trinajstić information content (AvgIpc) is 2.62. The highest BCUT2D eigenvalue weighted by Crippen LogP contribution is 2.35. The van der Waals surface area contributed by atoms with E-state index >= 15 is 0 Å². The zero-order valence-corrected chi connectivity index (χ0v) is 15.4. The normalized spacial score (nSPS) is 10.2. The van der Waals surface area contributed by atoms with Crippen LogP contribution in [0.25, 0.3) is 0 Å². The Kier molecular flexibility index (Phi) is 6.95. The van der Waals surface area contributed by atoms with E-state index in [0.717, 1.165) is 11.3 Å². The molecular formula is C19H23ClN2O3. The molecule has 0 aromatic heterocycles. The first-order valence-corrected chi connectivity index (χ1v) is 8.39. The number of carbonyl (C=O) groups is 1. The van der Waals surface area contributed by atoms with Gasteiger partial charge in [0.1, 0.15) is 11.5 Å². The van der Waals surface area contributed by atoms with Gasteiger partial charge >= 0.3 is 0 Å². The number of rotatable bonds is 8. The van der Waals surface area contributed by atoms with Gasteiger partial charge in [-0.25, -0.2) is 0 Å². The zero-order chi connectivity index (χ0) is 18.2. The summed E-state index contributed by atoms with van der Waals surface area (Å²) in [4.78, 5) is 12.0. The Hall–Kier alpha value is -2.40. The first-order chi connectivity index (χ1) is 12.0. The van der Waals surface area contributed by atoms with E-state index < -0.39 is 0 Å². The van der Waals surface area contributed by atoms with Crippen LogP contribution in [-0.4, -0.2) is 26.7 Å². The number of benzene rings is 2. The Morgan fingerprint density at radius 3 is 2.40 bits per heavy atom. The lowest BCUT2D eigenvalue weighted by Gasteiger charge is -2.14. The van der Waals surface area contributed by atoms with E-state index in [-0.39, 0.29) is 5.91 Å². The molecule has 0 aliphatic carbocycles. The minimum atomic E-state index is -0.0204. The van der Waals surface area contributed by atoms with Crippen LogP contribution in [-0.2, 0) is 11.3 Å². The van der Waals surface area contributed by atoms with E-state index in [9.17, 15) is 4.79 Å². The third-order valence-electron chi connectivity index (χ3n) is 3.75. The highest BCUT2D eigenvalue weighted by atomic mass is 35.5. The Morgan fingerprint density at radius 2 is 1.76 bits per heavy atom. The number of nitrogens with one attached hydrogen (secondary N) is 2. The molecule has 0 aliphatic heterocycles. The van der Waals surface area contributed by atoms with Crippen molar-refractivity contribution in [3.8, 4) is 11.5 Å². The number of hydrogen-bond donors (Lipinski definition) is 2. The van der Waals surface area contributed by atoms with Gasteiger partial charge in [-0.05, 0) is 12.5 Å². The predicted molar refractivity (Wildman–Crippen MR) is 101 cm³/mol. The van der Waals surface area contributed by atoms with Gasteiger partial charge in [0.2, 0.25) is 5.91 Å². The smallest absolute Gasteiger partial charge is 0.222 e. The number of methoxy groups -OCH3 is 2. The summed E-state index contributed by atoms with van der Waals surface area (Å²) in [5, 5.41) is 6.56. The minimum Gasteiger partial charge on any atom is -0.495 e. The molecule has 0 bridgehead atoms. The fraction of sp³-hybridized carbons (Fsp3) is 0.316. The molecule has 0 unspecified atom stereocenters. The summed E-state index contributed by atoms with van der Waals surface area (Å²) < 4.78 is 10.5. The fourth-order valence-corrected chi connectivity index (χ4v) is 2.54. The summed E-state index contributed by atoms with van der Waals surface area (Å²) in [5.74, 6) is 1.13. The SMILES string of the molecule is COc1cc(NCCC(=O)NCc2ccc(C)cc2)c(OC)cc1Cl. The van der Waals surface area contributed by atoms with Crippen LogP contribution in [0.4, 0.5) is 5.69 Å². The Morgan fingerprint density at radius 1 is 1.08 bits per heavy atom. The van der Waals surface area contributed by atoms with Crippen LogP contribution < -0.4 is 20.1 Å². The van der Waals surface area contributed by atoms with E-state index in [1.165, 1.54) is 5.56 Å². The lowest BCUT2D eigenvalue weighted by atomic mass is 10.1. The number of hydrogen-bond acceptors (Lipinski definition) is 4. The van der Waals surface area contributed by atoms with Crippen molar-refractivity contribution in [3.63, 3.8) is 0 Å². The van der Waals surface area contributed by atoms with Crippen LogP contribution >= 0.6 is 11.6 Å². The molecular weight excluding hydrogens is 340 g/mol. The largest absolute Gasteiger partial charge is 0.495 e. The number of halogens is 1. The van der Waals surface area contributed by atoms with Crippen LogP contribution in [0.3, 0.4) is 0 Å². The van der Waals surface area contributed by atoms with Crippen molar-refractivity contribution in [2.45, 2.75) is 19.9 Å². The Balaban J connectivity index is 1.83. The van der Waals surface area contributed by atoms with Gasteiger partial charge in [-0.3, -0.25) is 4.79 Å². The molecule has 0 spiro atoms. The van der Waals surface area contributed by atoms with Crippen molar-refractivity contribution in [3.05, 3.63) is 52.5 Å². The van der Waals surface area contributed by atoms with Gasteiger partial charge in [0, 0.05) is 31.6 Å².